The van der Waals surface area contributed by atoms with Gasteiger partial charge in [0.05, 0.1) is 11.4 Å². The lowest BCUT2D eigenvalue weighted by Crippen LogP contribution is -2.43. The number of aromatic nitrogens is 2. The first-order chi connectivity index (χ1) is 15.4. The number of nitrogens with zero attached hydrogens (tertiary/aromatic N) is 3. The zero-order valence-electron chi connectivity index (χ0n) is 18.3. The van der Waals surface area contributed by atoms with Crippen molar-refractivity contribution >= 4 is 17.8 Å². The first kappa shape index (κ1) is 21.6. The molecule has 0 atom stereocenters. The molecule has 1 saturated heterocycles. The van der Waals surface area contributed by atoms with E-state index in [1.165, 1.54) is 0 Å². The van der Waals surface area contributed by atoms with Crippen molar-refractivity contribution in [1.29, 1.82) is 0 Å². The van der Waals surface area contributed by atoms with Crippen LogP contribution in [-0.4, -0.2) is 52.8 Å². The number of hydrogen-bond acceptors (Lipinski definition) is 4. The Bertz CT molecular complexity index is 1100. The minimum absolute atomic E-state index is 0.0614. The van der Waals surface area contributed by atoms with Gasteiger partial charge in [0.2, 0.25) is 0 Å². The van der Waals surface area contributed by atoms with E-state index in [0.717, 1.165) is 42.7 Å². The Morgan fingerprint density at radius 2 is 1.69 bits per heavy atom. The number of urea groups is 1. The van der Waals surface area contributed by atoms with E-state index >= 15 is 0 Å². The van der Waals surface area contributed by atoms with Crippen molar-refractivity contribution in [3.8, 4) is 16.9 Å². The second kappa shape index (κ2) is 9.23. The van der Waals surface area contributed by atoms with Crippen molar-refractivity contribution < 1.29 is 9.59 Å². The molecule has 1 aliphatic rings. The molecule has 0 radical (unpaired) electrons. The fraction of sp³-hybridized carbons (Fsp3) is 0.292. The molecule has 4 N–H and O–H groups in total. The molecule has 0 saturated carbocycles. The minimum Gasteiger partial charge on any atom is -0.351 e. The molecule has 1 aromatic heterocycles. The molecule has 1 aliphatic heterocycles. The Morgan fingerprint density at radius 3 is 2.31 bits per heavy atom. The predicted molar refractivity (Wildman–Crippen MR) is 125 cm³/mol. The van der Waals surface area contributed by atoms with Gasteiger partial charge in [0.1, 0.15) is 5.82 Å². The number of carbonyl (C=O) groups excluding carboxylic acids is 2. The maximum absolute atomic E-state index is 12.7. The number of benzene rings is 2. The molecule has 0 spiro atoms. The van der Waals surface area contributed by atoms with E-state index in [1.54, 1.807) is 4.68 Å². The standard InChI is InChI=1S/C24H28N6O2/c1-16-21(28-30(22(16)27-24(25)32)20-6-4-3-5-7-20)17-8-10-18(11-9-17)23(31)26-19-12-14-29(2)15-13-19/h3-11,19H,12-15H2,1-2H3,(H,26,31)(H3,25,27,32). The van der Waals surface area contributed by atoms with Crippen molar-refractivity contribution in [3.05, 3.63) is 65.7 Å². The molecule has 2 aromatic carbocycles. The van der Waals surface area contributed by atoms with Crippen LogP contribution in [0.3, 0.4) is 0 Å². The highest BCUT2D eigenvalue weighted by Gasteiger charge is 2.21. The number of rotatable bonds is 5. The second-order valence-corrected chi connectivity index (χ2v) is 8.19. The number of likely N-dealkylation sites (tertiary alicyclic amines) is 1. The lowest BCUT2D eigenvalue weighted by atomic mass is 10.0. The van der Waals surface area contributed by atoms with Crippen molar-refractivity contribution in [3.63, 3.8) is 0 Å². The van der Waals surface area contributed by atoms with Gasteiger partial charge in [-0.25, -0.2) is 9.48 Å². The maximum atomic E-state index is 12.7. The summed E-state index contributed by atoms with van der Waals surface area (Å²) in [5.74, 6) is 0.455. The molecule has 166 valence electrons. The van der Waals surface area contributed by atoms with Gasteiger partial charge in [0.25, 0.3) is 5.91 Å². The molecule has 8 nitrogen and oxygen atoms in total. The fourth-order valence-corrected chi connectivity index (χ4v) is 3.99. The molecule has 3 aromatic rings. The van der Waals surface area contributed by atoms with Gasteiger partial charge < -0.3 is 16.0 Å². The number of para-hydroxylation sites is 1. The number of piperidine rings is 1. The van der Waals surface area contributed by atoms with Crippen LogP contribution in [0.15, 0.2) is 54.6 Å². The summed E-state index contributed by atoms with van der Waals surface area (Å²) < 4.78 is 1.66. The molecule has 4 rings (SSSR count). The Hall–Kier alpha value is -3.65. The third-order valence-electron chi connectivity index (χ3n) is 5.84. The minimum atomic E-state index is -0.655. The lowest BCUT2D eigenvalue weighted by molar-refractivity contribution is 0.0917. The third kappa shape index (κ3) is 4.65. The van der Waals surface area contributed by atoms with Crippen LogP contribution in [0.2, 0.25) is 0 Å². The summed E-state index contributed by atoms with van der Waals surface area (Å²) in [6.07, 6.45) is 1.93. The number of carbonyl (C=O) groups is 2. The Kier molecular flexibility index (Phi) is 6.23. The van der Waals surface area contributed by atoms with Gasteiger partial charge in [-0.1, -0.05) is 30.3 Å². The zero-order valence-corrected chi connectivity index (χ0v) is 18.3. The Morgan fingerprint density at radius 1 is 1.03 bits per heavy atom. The quantitative estimate of drug-likeness (QED) is 0.576. The third-order valence-corrected chi connectivity index (χ3v) is 5.84. The van der Waals surface area contributed by atoms with Crippen LogP contribution in [0.25, 0.3) is 16.9 Å². The van der Waals surface area contributed by atoms with Crippen LogP contribution in [0.1, 0.15) is 28.8 Å². The fourth-order valence-electron chi connectivity index (χ4n) is 3.99. The molecular formula is C24H28N6O2. The molecule has 0 unspecified atom stereocenters. The van der Waals surface area contributed by atoms with Gasteiger partial charge in [-0.2, -0.15) is 5.10 Å². The van der Waals surface area contributed by atoms with Crippen LogP contribution < -0.4 is 16.4 Å². The SMILES string of the molecule is Cc1c(-c2ccc(C(=O)NC3CCN(C)CC3)cc2)nn(-c2ccccc2)c1NC(N)=O. The van der Waals surface area contributed by atoms with E-state index in [9.17, 15) is 9.59 Å². The van der Waals surface area contributed by atoms with Crippen LogP contribution in [0, 0.1) is 6.92 Å². The van der Waals surface area contributed by atoms with E-state index in [2.05, 4.69) is 22.6 Å². The monoisotopic (exact) mass is 432 g/mol. The molecular weight excluding hydrogens is 404 g/mol. The van der Waals surface area contributed by atoms with Crippen molar-refractivity contribution in [2.24, 2.45) is 5.73 Å². The summed E-state index contributed by atoms with van der Waals surface area (Å²) in [7, 11) is 2.10. The highest BCUT2D eigenvalue weighted by atomic mass is 16.2. The molecule has 0 bridgehead atoms. The van der Waals surface area contributed by atoms with Gasteiger partial charge in [0.15, 0.2) is 0 Å². The molecule has 8 heteroatoms. The number of anilines is 1. The van der Waals surface area contributed by atoms with E-state index in [1.807, 2.05) is 61.5 Å². The largest absolute Gasteiger partial charge is 0.351 e. The molecule has 3 amide bonds. The average Bonchev–Trinajstić information content (AvgIpc) is 3.11. The van der Waals surface area contributed by atoms with Crippen molar-refractivity contribution in [1.82, 2.24) is 20.0 Å². The zero-order chi connectivity index (χ0) is 22.7. The van der Waals surface area contributed by atoms with Crippen LogP contribution in [-0.2, 0) is 0 Å². The number of amides is 3. The van der Waals surface area contributed by atoms with Crippen molar-refractivity contribution in [2.75, 3.05) is 25.5 Å². The van der Waals surface area contributed by atoms with Gasteiger partial charge in [0, 0.05) is 22.7 Å². The predicted octanol–water partition coefficient (Wildman–Crippen LogP) is 3.16. The summed E-state index contributed by atoms with van der Waals surface area (Å²) in [4.78, 5) is 26.5. The van der Waals surface area contributed by atoms with Crippen LogP contribution in [0.5, 0.6) is 0 Å². The van der Waals surface area contributed by atoms with E-state index < -0.39 is 6.03 Å². The first-order valence-corrected chi connectivity index (χ1v) is 10.7. The second-order valence-electron chi connectivity index (χ2n) is 8.19. The number of nitrogens with one attached hydrogen (secondary N) is 2. The van der Waals surface area contributed by atoms with Crippen LogP contribution in [0.4, 0.5) is 10.6 Å². The normalized spacial score (nSPS) is 14.8. The summed E-state index contributed by atoms with van der Waals surface area (Å²) in [5, 5.41) is 10.5. The summed E-state index contributed by atoms with van der Waals surface area (Å²) in [5.41, 5.74) is 9.15. The first-order valence-electron chi connectivity index (χ1n) is 10.7. The molecule has 2 heterocycles. The summed E-state index contributed by atoms with van der Waals surface area (Å²) >= 11 is 0. The van der Waals surface area contributed by atoms with E-state index in [4.69, 9.17) is 10.8 Å². The average molecular weight is 433 g/mol. The Balaban J connectivity index is 1.58. The van der Waals surface area contributed by atoms with E-state index in [-0.39, 0.29) is 11.9 Å². The summed E-state index contributed by atoms with van der Waals surface area (Å²) in [6, 6.07) is 16.4. The Labute approximate surface area is 187 Å². The number of primary amides is 1. The molecule has 1 fully saturated rings. The van der Waals surface area contributed by atoms with E-state index in [0.29, 0.717) is 17.1 Å². The van der Waals surface area contributed by atoms with Gasteiger partial charge in [-0.05, 0) is 64.2 Å². The smallest absolute Gasteiger partial charge is 0.317 e. The topological polar surface area (TPSA) is 105 Å². The van der Waals surface area contributed by atoms with Gasteiger partial charge in [-0.15, -0.1) is 0 Å². The molecule has 32 heavy (non-hydrogen) atoms. The highest BCUT2D eigenvalue weighted by molar-refractivity contribution is 5.95. The van der Waals surface area contributed by atoms with Crippen LogP contribution >= 0.6 is 0 Å². The highest BCUT2D eigenvalue weighted by Crippen LogP contribution is 2.30. The number of hydrogen-bond donors (Lipinski definition) is 3. The molecule has 0 aliphatic carbocycles. The van der Waals surface area contributed by atoms with Crippen molar-refractivity contribution in [2.45, 2.75) is 25.8 Å². The maximum Gasteiger partial charge on any atom is 0.317 e. The lowest BCUT2D eigenvalue weighted by Gasteiger charge is -2.29. The van der Waals surface area contributed by atoms with Gasteiger partial charge >= 0.3 is 6.03 Å². The number of nitrogens with two attached hydrogens (primary N) is 1. The summed E-state index contributed by atoms with van der Waals surface area (Å²) in [6.45, 7) is 3.87. The van der Waals surface area contributed by atoms with Gasteiger partial charge in [-0.3, -0.25) is 10.1 Å².